The average molecular weight is 521 g/mol. The van der Waals surface area contributed by atoms with E-state index in [4.69, 9.17) is 5.73 Å². The van der Waals surface area contributed by atoms with Crippen LogP contribution in [0.3, 0.4) is 0 Å². The average Bonchev–Trinajstić information content (AvgIpc) is 3.41. The number of imidazole rings is 1. The van der Waals surface area contributed by atoms with Crippen LogP contribution in [0.4, 0.5) is 0 Å². The van der Waals surface area contributed by atoms with Gasteiger partial charge in [-0.2, -0.15) is 0 Å². The van der Waals surface area contributed by atoms with Gasteiger partial charge >= 0.3 is 0 Å². The van der Waals surface area contributed by atoms with E-state index in [0.29, 0.717) is 12.1 Å². The third kappa shape index (κ3) is 14.6. The number of rotatable bonds is 12. The molecule has 8 heteroatoms. The van der Waals surface area contributed by atoms with Gasteiger partial charge in [-0.3, -0.25) is 14.8 Å². The molecule has 0 unspecified atom stereocenters. The zero-order valence-corrected chi connectivity index (χ0v) is 23.4. The molecule has 1 heterocycles. The van der Waals surface area contributed by atoms with Crippen LogP contribution in [0.2, 0.25) is 0 Å². The summed E-state index contributed by atoms with van der Waals surface area (Å²) in [5.74, 6) is 0.589. The maximum absolute atomic E-state index is 10.3. The number of nitrogens with two attached hydrogens (primary N) is 1. The topological polar surface area (TPSA) is 126 Å². The SMILES string of the molecule is C=N/C=C(/CC(N)=O)N=C.CC.CNC.O=CCCCCCCc1ncc(-c2ccc3ccccc3c2)[nH]1. The summed E-state index contributed by atoms with van der Waals surface area (Å²) in [7, 11) is 3.75. The van der Waals surface area contributed by atoms with Gasteiger partial charge in [0.25, 0.3) is 0 Å². The Labute approximate surface area is 227 Å². The molecule has 8 nitrogen and oxygen atoms in total. The fourth-order valence-electron chi connectivity index (χ4n) is 3.29. The van der Waals surface area contributed by atoms with Crippen LogP contribution < -0.4 is 11.1 Å². The summed E-state index contributed by atoms with van der Waals surface area (Å²) < 4.78 is 0. The molecule has 0 saturated heterocycles. The Morgan fingerprint density at radius 3 is 2.32 bits per heavy atom. The first-order valence-electron chi connectivity index (χ1n) is 12.9. The van der Waals surface area contributed by atoms with Crippen LogP contribution >= 0.6 is 0 Å². The van der Waals surface area contributed by atoms with Gasteiger partial charge in [0.2, 0.25) is 5.91 Å². The van der Waals surface area contributed by atoms with Gasteiger partial charge in [-0.1, -0.05) is 63.1 Å². The van der Waals surface area contributed by atoms with Crippen molar-refractivity contribution >= 4 is 36.4 Å². The van der Waals surface area contributed by atoms with Crippen LogP contribution in [0.1, 0.15) is 58.2 Å². The van der Waals surface area contributed by atoms with Crippen LogP contribution in [0, 0.1) is 0 Å². The Kier molecular flexibility index (Phi) is 20.0. The minimum atomic E-state index is -0.456. The quantitative estimate of drug-likeness (QED) is 0.156. The number of aliphatic imine (C=N–C) groups is 2. The Hall–Kier alpha value is -3.91. The van der Waals surface area contributed by atoms with Crippen molar-refractivity contribution in [3.05, 3.63) is 66.4 Å². The summed E-state index contributed by atoms with van der Waals surface area (Å²) in [6.45, 7) is 10.4. The predicted octanol–water partition coefficient (Wildman–Crippen LogP) is 5.89. The second-order valence-corrected chi connectivity index (χ2v) is 8.03. The smallest absolute Gasteiger partial charge is 0.223 e. The minimum Gasteiger partial charge on any atom is -0.369 e. The van der Waals surface area contributed by atoms with Gasteiger partial charge < -0.3 is 20.8 Å². The van der Waals surface area contributed by atoms with E-state index in [1.807, 2.05) is 34.1 Å². The number of aromatic nitrogens is 2. The Balaban J connectivity index is 0.000000767. The van der Waals surface area contributed by atoms with Crippen molar-refractivity contribution in [3.8, 4) is 11.3 Å². The highest BCUT2D eigenvalue weighted by atomic mass is 16.1. The predicted molar refractivity (Wildman–Crippen MR) is 162 cm³/mol. The standard InChI is InChI=1S/C20H22N2O.C6H9N3O.C2H7N.C2H6/c23-13-7-3-1-2-4-10-20-21-15-19(22-20)18-12-11-16-8-5-6-9-17(16)14-18;1-8-4-5(9-2)3-6(7)10;1-3-2;1-2/h5-6,8-9,11-15H,1-4,7,10H2,(H,21,22);4H,1-3H2,(H2,7,10);3H,1-2H3;1-2H3/b;5-4-;;. The van der Waals surface area contributed by atoms with E-state index >= 15 is 0 Å². The maximum atomic E-state index is 10.3. The Morgan fingerprint density at radius 2 is 1.71 bits per heavy atom. The summed E-state index contributed by atoms with van der Waals surface area (Å²) in [5.41, 5.74) is 7.55. The highest BCUT2D eigenvalue weighted by Gasteiger charge is 2.04. The fourth-order valence-corrected chi connectivity index (χ4v) is 3.29. The lowest BCUT2D eigenvalue weighted by Gasteiger charge is -2.02. The Bertz CT molecular complexity index is 1120. The molecule has 0 saturated carbocycles. The number of carbonyl (C=O) groups is 2. The normalized spacial score (nSPS) is 10.1. The minimum absolute atomic E-state index is 0.0581. The molecule has 0 atom stereocenters. The first-order valence-corrected chi connectivity index (χ1v) is 12.9. The van der Waals surface area contributed by atoms with Gasteiger partial charge in [0.15, 0.2) is 0 Å². The molecule has 0 bridgehead atoms. The Morgan fingerprint density at radius 1 is 1.05 bits per heavy atom. The molecule has 0 fully saturated rings. The van der Waals surface area contributed by atoms with E-state index in [2.05, 4.69) is 81.2 Å². The molecule has 206 valence electrons. The van der Waals surface area contributed by atoms with E-state index in [0.717, 1.165) is 49.9 Å². The van der Waals surface area contributed by atoms with E-state index in [1.54, 1.807) is 0 Å². The third-order valence-corrected chi connectivity index (χ3v) is 4.97. The van der Waals surface area contributed by atoms with Crippen molar-refractivity contribution in [1.82, 2.24) is 15.3 Å². The van der Waals surface area contributed by atoms with Gasteiger partial charge in [0, 0.05) is 24.6 Å². The van der Waals surface area contributed by atoms with E-state index in [9.17, 15) is 9.59 Å². The fraction of sp³-hybridized carbons (Fsp3) is 0.367. The lowest BCUT2D eigenvalue weighted by atomic mass is 10.1. The number of aldehydes is 1. The van der Waals surface area contributed by atoms with Gasteiger partial charge in [-0.05, 0) is 57.2 Å². The van der Waals surface area contributed by atoms with Gasteiger partial charge in [-0.25, -0.2) is 4.98 Å². The van der Waals surface area contributed by atoms with Crippen LogP contribution in [0.5, 0.6) is 0 Å². The first-order chi connectivity index (χ1) is 18.5. The molecular weight excluding hydrogens is 476 g/mol. The largest absolute Gasteiger partial charge is 0.369 e. The number of primary amides is 1. The molecule has 0 aliphatic heterocycles. The lowest BCUT2D eigenvalue weighted by Crippen LogP contribution is -2.10. The van der Waals surface area contributed by atoms with Crippen molar-refractivity contribution in [2.75, 3.05) is 14.1 Å². The number of carbonyl (C=O) groups excluding carboxylic acids is 2. The number of hydrogen-bond acceptors (Lipinski definition) is 6. The molecule has 0 spiro atoms. The second kappa shape index (κ2) is 22.3. The summed E-state index contributed by atoms with van der Waals surface area (Å²) in [6.07, 6.45) is 10.4. The number of aromatic amines is 1. The summed E-state index contributed by atoms with van der Waals surface area (Å²) >= 11 is 0. The highest BCUT2D eigenvalue weighted by Crippen LogP contribution is 2.23. The van der Waals surface area contributed by atoms with Crippen LogP contribution in [-0.2, 0) is 16.0 Å². The third-order valence-electron chi connectivity index (χ3n) is 4.97. The van der Waals surface area contributed by atoms with Crippen molar-refractivity contribution < 1.29 is 9.59 Å². The number of fused-ring (bicyclic) bond motifs is 1. The van der Waals surface area contributed by atoms with E-state index in [1.165, 1.54) is 22.5 Å². The summed E-state index contributed by atoms with van der Waals surface area (Å²) in [4.78, 5) is 35.4. The molecule has 1 aromatic heterocycles. The second-order valence-electron chi connectivity index (χ2n) is 8.03. The van der Waals surface area contributed by atoms with Gasteiger partial charge in [0.05, 0.1) is 24.0 Å². The molecule has 0 aliphatic rings. The lowest BCUT2D eigenvalue weighted by molar-refractivity contribution is -0.117. The molecule has 0 radical (unpaired) electrons. The number of hydrogen-bond donors (Lipinski definition) is 3. The number of nitrogens with zero attached hydrogens (tertiary/aromatic N) is 3. The first kappa shape index (κ1) is 34.1. The maximum Gasteiger partial charge on any atom is 0.223 e. The molecule has 2 aromatic carbocycles. The van der Waals surface area contributed by atoms with Crippen molar-refractivity contribution in [1.29, 1.82) is 0 Å². The van der Waals surface area contributed by atoms with Crippen molar-refractivity contribution in [2.45, 2.75) is 58.8 Å². The molecule has 3 aromatic rings. The van der Waals surface area contributed by atoms with Gasteiger partial charge in [0.1, 0.15) is 12.1 Å². The van der Waals surface area contributed by atoms with E-state index < -0.39 is 5.91 Å². The summed E-state index contributed by atoms with van der Waals surface area (Å²) in [5, 5.41) is 5.25. The van der Waals surface area contributed by atoms with Crippen LogP contribution in [-0.4, -0.2) is 49.7 Å². The molecule has 1 amide bonds. The number of H-pyrrole nitrogens is 1. The molecule has 38 heavy (non-hydrogen) atoms. The summed E-state index contributed by atoms with van der Waals surface area (Å²) in [6, 6.07) is 14.9. The molecule has 3 rings (SSSR count). The monoisotopic (exact) mass is 520 g/mol. The molecule has 4 N–H and O–H groups in total. The molecular formula is C30H44N6O2. The zero-order valence-electron chi connectivity index (χ0n) is 23.4. The molecule has 0 aliphatic carbocycles. The number of benzene rings is 2. The van der Waals surface area contributed by atoms with Crippen molar-refractivity contribution in [2.24, 2.45) is 15.7 Å². The number of amides is 1. The van der Waals surface area contributed by atoms with Crippen LogP contribution in [0.15, 0.2) is 70.5 Å². The zero-order chi connectivity index (χ0) is 28.6. The van der Waals surface area contributed by atoms with Crippen molar-refractivity contribution in [3.63, 3.8) is 0 Å². The number of nitrogens with one attached hydrogen (secondary N) is 2. The van der Waals surface area contributed by atoms with E-state index in [-0.39, 0.29) is 6.42 Å². The number of aryl methyl sites for hydroxylation is 1. The van der Waals surface area contributed by atoms with Crippen LogP contribution in [0.25, 0.3) is 22.0 Å². The number of unbranched alkanes of at least 4 members (excludes halogenated alkanes) is 4. The highest BCUT2D eigenvalue weighted by molar-refractivity contribution is 5.86. The van der Waals surface area contributed by atoms with Gasteiger partial charge in [-0.15, -0.1) is 0 Å².